The van der Waals surface area contributed by atoms with E-state index in [1.165, 1.54) is 12.8 Å². The van der Waals surface area contributed by atoms with Gasteiger partial charge in [0, 0.05) is 13.1 Å². The minimum atomic E-state index is -0.631. The molecule has 1 rings (SSSR count). The lowest BCUT2D eigenvalue weighted by molar-refractivity contribution is -0.141. The van der Waals surface area contributed by atoms with E-state index in [0.29, 0.717) is 23.2 Å². The van der Waals surface area contributed by atoms with Crippen LogP contribution in [0.25, 0.3) is 0 Å². The summed E-state index contributed by atoms with van der Waals surface area (Å²) >= 11 is 5.19. The Balaban J connectivity index is 2.83. The monoisotopic (exact) mass is 298 g/mol. The Morgan fingerprint density at radius 3 is 1.90 bits per heavy atom. The predicted octanol–water partition coefficient (Wildman–Crippen LogP) is 3.51. The van der Waals surface area contributed by atoms with Crippen LogP contribution in [0.4, 0.5) is 0 Å². The summed E-state index contributed by atoms with van der Waals surface area (Å²) in [6, 6.07) is 0. The molecule has 0 aromatic heterocycles. The van der Waals surface area contributed by atoms with E-state index in [4.69, 9.17) is 18.0 Å². The summed E-state index contributed by atoms with van der Waals surface area (Å²) in [5, 5.41) is 0. The third-order valence-electron chi connectivity index (χ3n) is 5.70. The van der Waals surface area contributed by atoms with Crippen molar-refractivity contribution in [2.45, 2.75) is 66.2 Å². The van der Waals surface area contributed by atoms with Crippen molar-refractivity contribution in [2.75, 3.05) is 13.1 Å². The Hall–Kier alpha value is -0.640. The van der Waals surface area contributed by atoms with Gasteiger partial charge < -0.3 is 10.6 Å². The van der Waals surface area contributed by atoms with Crippen LogP contribution in [0.3, 0.4) is 0 Å². The van der Waals surface area contributed by atoms with E-state index >= 15 is 0 Å². The molecule has 0 spiro atoms. The molecule has 0 radical (unpaired) electrons. The second kappa shape index (κ2) is 6.88. The van der Waals surface area contributed by atoms with Gasteiger partial charge in [0.1, 0.15) is 0 Å². The minimum absolute atomic E-state index is 0.149. The van der Waals surface area contributed by atoms with E-state index < -0.39 is 5.41 Å². The number of nitrogens with zero attached hydrogens (tertiary/aromatic N) is 1. The fraction of sp³-hybridized carbons (Fsp3) is 0.875. The van der Waals surface area contributed by atoms with E-state index in [2.05, 4.69) is 13.8 Å². The van der Waals surface area contributed by atoms with Gasteiger partial charge in [-0.2, -0.15) is 0 Å². The molecule has 0 aromatic rings. The Bertz CT molecular complexity index is 349. The van der Waals surface area contributed by atoms with Gasteiger partial charge in [-0.3, -0.25) is 4.79 Å². The normalized spacial score (nSPS) is 18.9. The van der Waals surface area contributed by atoms with Gasteiger partial charge in [0.2, 0.25) is 5.91 Å². The second-order valence-corrected chi connectivity index (χ2v) is 6.59. The molecular formula is C16H30N2OS. The van der Waals surface area contributed by atoms with Crippen molar-refractivity contribution in [3.8, 4) is 0 Å². The Morgan fingerprint density at radius 1 is 1.15 bits per heavy atom. The van der Waals surface area contributed by atoms with Crippen molar-refractivity contribution < 1.29 is 4.79 Å². The van der Waals surface area contributed by atoms with Crippen LogP contribution in [0, 0.1) is 10.8 Å². The Morgan fingerprint density at radius 2 is 1.60 bits per heavy atom. The highest BCUT2D eigenvalue weighted by atomic mass is 32.1. The molecule has 3 nitrogen and oxygen atoms in total. The van der Waals surface area contributed by atoms with Gasteiger partial charge in [0.25, 0.3) is 0 Å². The van der Waals surface area contributed by atoms with Crippen LogP contribution < -0.4 is 5.73 Å². The first-order chi connectivity index (χ1) is 9.41. The molecule has 0 atom stereocenters. The number of hydrogen-bond donors (Lipinski definition) is 1. The summed E-state index contributed by atoms with van der Waals surface area (Å²) in [4.78, 5) is 15.2. The number of nitrogens with two attached hydrogens (primary N) is 1. The summed E-state index contributed by atoms with van der Waals surface area (Å²) in [6.07, 6.45) is 6.00. The number of carbonyl (C=O) groups is 1. The topological polar surface area (TPSA) is 46.3 Å². The van der Waals surface area contributed by atoms with Gasteiger partial charge in [0.05, 0.1) is 10.4 Å². The number of amides is 1. The fourth-order valence-electron chi connectivity index (χ4n) is 3.45. The molecule has 1 aliphatic heterocycles. The van der Waals surface area contributed by atoms with Crippen LogP contribution in [0.1, 0.15) is 66.2 Å². The highest BCUT2D eigenvalue weighted by Gasteiger charge is 2.43. The molecule has 4 heteroatoms. The van der Waals surface area contributed by atoms with Crippen LogP contribution in [-0.2, 0) is 4.79 Å². The molecule has 116 valence electrons. The van der Waals surface area contributed by atoms with Gasteiger partial charge in [-0.05, 0) is 31.1 Å². The molecule has 2 N–H and O–H groups in total. The zero-order valence-corrected chi connectivity index (χ0v) is 14.3. The number of rotatable bonds is 6. The third kappa shape index (κ3) is 3.00. The standard InChI is InChI=1S/C16H30N2OS/c1-5-15(6-2)9-11-18(12-10-15)14(19)16(7-3,8-4)13(17)20/h5-12H2,1-4H3,(H2,17,20). The number of likely N-dealkylation sites (tertiary alicyclic amines) is 1. The average Bonchev–Trinajstić information content (AvgIpc) is 2.48. The van der Waals surface area contributed by atoms with E-state index in [9.17, 15) is 4.79 Å². The van der Waals surface area contributed by atoms with Gasteiger partial charge in [-0.1, -0.05) is 52.8 Å². The lowest BCUT2D eigenvalue weighted by atomic mass is 9.73. The first-order valence-corrected chi connectivity index (χ1v) is 8.41. The van der Waals surface area contributed by atoms with Crippen LogP contribution in [0.5, 0.6) is 0 Å². The van der Waals surface area contributed by atoms with Crippen LogP contribution in [0.2, 0.25) is 0 Å². The summed E-state index contributed by atoms with van der Waals surface area (Å²) in [6.45, 7) is 10.2. The summed E-state index contributed by atoms with van der Waals surface area (Å²) in [5.74, 6) is 0.149. The maximum absolute atomic E-state index is 12.9. The molecule has 1 fully saturated rings. The number of thiocarbonyl (C=S) groups is 1. The minimum Gasteiger partial charge on any atom is -0.392 e. The van der Waals surface area contributed by atoms with Gasteiger partial charge in [0.15, 0.2) is 0 Å². The van der Waals surface area contributed by atoms with Crippen molar-refractivity contribution in [2.24, 2.45) is 16.6 Å². The predicted molar refractivity (Wildman–Crippen MR) is 88.6 cm³/mol. The molecule has 0 saturated carbocycles. The molecule has 0 aliphatic carbocycles. The largest absolute Gasteiger partial charge is 0.392 e. The molecule has 1 amide bonds. The second-order valence-electron chi connectivity index (χ2n) is 6.15. The number of hydrogen-bond acceptors (Lipinski definition) is 2. The Labute approximate surface area is 129 Å². The van der Waals surface area contributed by atoms with E-state index in [-0.39, 0.29) is 5.91 Å². The highest BCUT2D eigenvalue weighted by Crippen LogP contribution is 2.39. The van der Waals surface area contributed by atoms with Crippen molar-refractivity contribution in [1.82, 2.24) is 4.90 Å². The summed E-state index contributed by atoms with van der Waals surface area (Å²) in [7, 11) is 0. The molecule has 0 unspecified atom stereocenters. The molecule has 1 heterocycles. The molecule has 1 aliphatic rings. The zero-order valence-electron chi connectivity index (χ0n) is 13.5. The number of carbonyl (C=O) groups excluding carboxylic acids is 1. The maximum atomic E-state index is 12.9. The molecule has 0 bridgehead atoms. The van der Waals surface area contributed by atoms with Crippen LogP contribution >= 0.6 is 12.2 Å². The van der Waals surface area contributed by atoms with Crippen molar-refractivity contribution >= 4 is 23.1 Å². The molecule has 0 aromatic carbocycles. The van der Waals surface area contributed by atoms with Gasteiger partial charge >= 0.3 is 0 Å². The SMILES string of the molecule is CCC1(CC)CCN(C(=O)C(CC)(CC)C(N)=S)CC1. The molecule has 20 heavy (non-hydrogen) atoms. The lowest BCUT2D eigenvalue weighted by Crippen LogP contribution is -2.53. The summed E-state index contributed by atoms with van der Waals surface area (Å²) in [5.41, 5.74) is 5.69. The quantitative estimate of drug-likeness (QED) is 0.763. The average molecular weight is 298 g/mol. The Kier molecular flexibility index (Phi) is 5.99. The fourth-order valence-corrected chi connectivity index (χ4v) is 3.83. The van der Waals surface area contributed by atoms with E-state index in [0.717, 1.165) is 25.9 Å². The summed E-state index contributed by atoms with van der Waals surface area (Å²) < 4.78 is 0. The molecular weight excluding hydrogens is 268 g/mol. The van der Waals surface area contributed by atoms with E-state index in [1.54, 1.807) is 0 Å². The smallest absolute Gasteiger partial charge is 0.235 e. The van der Waals surface area contributed by atoms with Crippen LogP contribution in [0.15, 0.2) is 0 Å². The van der Waals surface area contributed by atoms with Crippen LogP contribution in [-0.4, -0.2) is 28.9 Å². The van der Waals surface area contributed by atoms with Crippen molar-refractivity contribution in [1.29, 1.82) is 0 Å². The first-order valence-electron chi connectivity index (χ1n) is 8.00. The van der Waals surface area contributed by atoms with Gasteiger partial charge in [-0.25, -0.2) is 0 Å². The lowest BCUT2D eigenvalue weighted by Gasteiger charge is -2.44. The zero-order chi connectivity index (χ0) is 15.4. The maximum Gasteiger partial charge on any atom is 0.235 e. The number of piperidine rings is 1. The van der Waals surface area contributed by atoms with Crippen molar-refractivity contribution in [3.63, 3.8) is 0 Å². The van der Waals surface area contributed by atoms with E-state index in [1.807, 2.05) is 18.7 Å². The van der Waals surface area contributed by atoms with Crippen molar-refractivity contribution in [3.05, 3.63) is 0 Å². The highest BCUT2D eigenvalue weighted by molar-refractivity contribution is 7.80. The molecule has 1 saturated heterocycles. The first kappa shape index (κ1) is 17.4. The third-order valence-corrected chi connectivity index (χ3v) is 6.09. The van der Waals surface area contributed by atoms with Gasteiger partial charge in [-0.15, -0.1) is 0 Å².